The molecule has 2 unspecified atom stereocenters. The number of rotatable bonds is 2. The molecule has 0 aromatic rings. The Morgan fingerprint density at radius 2 is 2.28 bits per heavy atom. The maximum Gasteiger partial charge on any atom is 0.311 e. The molecule has 0 saturated carbocycles. The van der Waals surface area contributed by atoms with Gasteiger partial charge in [0.05, 0.1) is 12.0 Å². The number of carboxylic acids is 1. The van der Waals surface area contributed by atoms with Crippen LogP contribution >= 0.6 is 0 Å². The highest BCUT2D eigenvalue weighted by Gasteiger charge is 2.41. The monoisotopic (exact) mass is 256 g/mol. The van der Waals surface area contributed by atoms with Crippen LogP contribution in [0.1, 0.15) is 19.8 Å². The van der Waals surface area contributed by atoms with E-state index in [4.69, 9.17) is 4.74 Å². The summed E-state index contributed by atoms with van der Waals surface area (Å²) < 4.78 is 5.42. The van der Waals surface area contributed by atoms with Gasteiger partial charge in [0, 0.05) is 26.2 Å². The molecule has 1 amide bonds. The Morgan fingerprint density at radius 1 is 1.50 bits per heavy atom. The predicted octanol–water partition coefficient (Wildman–Crippen LogP) is -0.312. The largest absolute Gasteiger partial charge is 0.481 e. The third-order valence-electron chi connectivity index (χ3n) is 3.73. The van der Waals surface area contributed by atoms with Crippen molar-refractivity contribution >= 4 is 11.9 Å². The van der Waals surface area contributed by atoms with Crippen molar-refractivity contribution in [2.24, 2.45) is 5.41 Å². The van der Waals surface area contributed by atoms with Crippen LogP contribution in [0.25, 0.3) is 0 Å². The van der Waals surface area contributed by atoms with Crippen LogP contribution in [0, 0.1) is 5.41 Å². The fourth-order valence-corrected chi connectivity index (χ4v) is 2.53. The number of nitrogens with zero attached hydrogens (tertiary/aromatic N) is 1. The second kappa shape index (κ2) is 5.24. The molecule has 0 aromatic heterocycles. The minimum Gasteiger partial charge on any atom is -0.481 e. The number of nitrogens with one attached hydrogen (secondary N) is 1. The molecule has 2 rings (SSSR count). The molecule has 2 heterocycles. The van der Waals surface area contributed by atoms with Crippen LogP contribution in [0.4, 0.5) is 0 Å². The van der Waals surface area contributed by atoms with Crippen LogP contribution in [0.3, 0.4) is 0 Å². The molecule has 2 fully saturated rings. The van der Waals surface area contributed by atoms with Crippen molar-refractivity contribution in [3.05, 3.63) is 0 Å². The van der Waals surface area contributed by atoms with Crippen LogP contribution in [0.2, 0.25) is 0 Å². The van der Waals surface area contributed by atoms with Crippen molar-refractivity contribution in [3.63, 3.8) is 0 Å². The predicted molar refractivity (Wildman–Crippen MR) is 64.2 cm³/mol. The normalized spacial score (nSPS) is 33.2. The van der Waals surface area contributed by atoms with E-state index < -0.39 is 17.5 Å². The summed E-state index contributed by atoms with van der Waals surface area (Å²) in [5.41, 5.74) is -0.823. The number of hydrogen-bond donors (Lipinski definition) is 2. The number of hydrogen-bond acceptors (Lipinski definition) is 4. The maximum absolute atomic E-state index is 12.2. The van der Waals surface area contributed by atoms with Crippen LogP contribution in [-0.4, -0.2) is 60.8 Å². The Hall–Kier alpha value is -1.14. The van der Waals surface area contributed by atoms with E-state index in [0.717, 1.165) is 13.0 Å². The van der Waals surface area contributed by atoms with Gasteiger partial charge in [-0.3, -0.25) is 9.59 Å². The third-order valence-corrected chi connectivity index (χ3v) is 3.73. The average molecular weight is 256 g/mol. The first-order chi connectivity index (χ1) is 8.53. The van der Waals surface area contributed by atoms with E-state index >= 15 is 0 Å². The van der Waals surface area contributed by atoms with Gasteiger partial charge in [-0.05, 0) is 19.8 Å². The molecular weight excluding hydrogens is 236 g/mol. The molecule has 6 heteroatoms. The Labute approximate surface area is 106 Å². The van der Waals surface area contributed by atoms with Crippen LogP contribution in [0.15, 0.2) is 0 Å². The highest BCUT2D eigenvalue weighted by atomic mass is 16.5. The Balaban J connectivity index is 1.99. The van der Waals surface area contributed by atoms with Gasteiger partial charge >= 0.3 is 5.97 Å². The minimum absolute atomic E-state index is 0.0885. The standard InChI is InChI=1S/C12H20N2O4/c1-12(11(16)17)3-2-5-14(8-12)10(15)9-7-13-4-6-18-9/h9,13H,2-8H2,1H3,(H,16,17). The van der Waals surface area contributed by atoms with E-state index in [9.17, 15) is 14.7 Å². The Morgan fingerprint density at radius 3 is 2.89 bits per heavy atom. The Bertz CT molecular complexity index is 341. The zero-order chi connectivity index (χ0) is 13.2. The van der Waals surface area contributed by atoms with Crippen molar-refractivity contribution in [1.82, 2.24) is 10.2 Å². The topological polar surface area (TPSA) is 78.9 Å². The first kappa shape index (κ1) is 13.3. The number of aliphatic carboxylic acids is 1. The lowest BCUT2D eigenvalue weighted by atomic mass is 9.82. The summed E-state index contributed by atoms with van der Waals surface area (Å²) in [6, 6.07) is 0. The van der Waals surface area contributed by atoms with Gasteiger partial charge in [-0.15, -0.1) is 0 Å². The molecule has 0 bridgehead atoms. The molecule has 0 spiro atoms. The van der Waals surface area contributed by atoms with E-state index in [0.29, 0.717) is 26.1 Å². The van der Waals surface area contributed by atoms with Gasteiger partial charge in [0.1, 0.15) is 6.10 Å². The quantitative estimate of drug-likeness (QED) is 0.708. The zero-order valence-corrected chi connectivity index (χ0v) is 10.6. The fraction of sp³-hybridized carbons (Fsp3) is 0.833. The summed E-state index contributed by atoms with van der Waals surface area (Å²) in [5.74, 6) is -0.919. The lowest BCUT2D eigenvalue weighted by Crippen LogP contribution is -2.54. The molecule has 0 aliphatic carbocycles. The van der Waals surface area contributed by atoms with Gasteiger partial charge < -0.3 is 20.1 Å². The van der Waals surface area contributed by atoms with Crippen molar-refractivity contribution in [2.45, 2.75) is 25.9 Å². The van der Waals surface area contributed by atoms with Gasteiger partial charge in [0.15, 0.2) is 0 Å². The molecule has 2 saturated heterocycles. The fourth-order valence-electron chi connectivity index (χ4n) is 2.53. The molecule has 2 aliphatic heterocycles. The molecular formula is C12H20N2O4. The number of carboxylic acid groups (broad SMARTS) is 1. The van der Waals surface area contributed by atoms with Crippen molar-refractivity contribution in [1.29, 1.82) is 0 Å². The summed E-state index contributed by atoms with van der Waals surface area (Å²) in [7, 11) is 0. The second-order valence-electron chi connectivity index (χ2n) is 5.29. The number of amides is 1. The zero-order valence-electron chi connectivity index (χ0n) is 10.6. The molecule has 2 aliphatic rings. The number of carbonyl (C=O) groups is 2. The van der Waals surface area contributed by atoms with E-state index in [1.54, 1.807) is 11.8 Å². The number of piperidine rings is 1. The third kappa shape index (κ3) is 2.64. The first-order valence-electron chi connectivity index (χ1n) is 6.37. The highest BCUT2D eigenvalue weighted by Crippen LogP contribution is 2.30. The second-order valence-corrected chi connectivity index (χ2v) is 5.29. The first-order valence-corrected chi connectivity index (χ1v) is 6.37. The summed E-state index contributed by atoms with van der Waals surface area (Å²) in [4.78, 5) is 25.1. The summed E-state index contributed by atoms with van der Waals surface area (Å²) >= 11 is 0. The molecule has 102 valence electrons. The van der Waals surface area contributed by atoms with E-state index in [2.05, 4.69) is 5.32 Å². The van der Waals surface area contributed by atoms with Crippen molar-refractivity contribution < 1.29 is 19.4 Å². The van der Waals surface area contributed by atoms with Crippen molar-refractivity contribution in [2.75, 3.05) is 32.8 Å². The minimum atomic E-state index is -0.831. The van der Waals surface area contributed by atoms with E-state index in [1.807, 2.05) is 0 Å². The average Bonchev–Trinajstić information content (AvgIpc) is 2.39. The SMILES string of the molecule is CC1(C(=O)O)CCCN(C(=O)C2CNCCO2)C1. The van der Waals surface area contributed by atoms with Crippen LogP contribution in [-0.2, 0) is 14.3 Å². The molecule has 2 atom stereocenters. The van der Waals surface area contributed by atoms with Crippen molar-refractivity contribution in [3.8, 4) is 0 Å². The maximum atomic E-state index is 12.2. The smallest absolute Gasteiger partial charge is 0.311 e. The molecule has 2 N–H and O–H groups in total. The van der Waals surface area contributed by atoms with Gasteiger partial charge in [-0.2, -0.15) is 0 Å². The summed E-state index contributed by atoms with van der Waals surface area (Å²) in [5, 5.41) is 12.3. The number of ether oxygens (including phenoxy) is 1. The summed E-state index contributed by atoms with van der Waals surface area (Å²) in [6.07, 6.45) is 0.889. The lowest BCUT2D eigenvalue weighted by Gasteiger charge is -2.39. The lowest BCUT2D eigenvalue weighted by molar-refractivity contribution is -0.157. The molecule has 18 heavy (non-hydrogen) atoms. The van der Waals surface area contributed by atoms with Crippen LogP contribution in [0.5, 0.6) is 0 Å². The number of morpholine rings is 1. The number of carbonyl (C=O) groups excluding carboxylic acids is 1. The highest BCUT2D eigenvalue weighted by molar-refractivity contribution is 5.83. The van der Waals surface area contributed by atoms with E-state index in [-0.39, 0.29) is 12.5 Å². The molecule has 0 aromatic carbocycles. The Kier molecular flexibility index (Phi) is 3.87. The number of likely N-dealkylation sites (tertiary alicyclic amines) is 1. The van der Waals surface area contributed by atoms with E-state index in [1.165, 1.54) is 0 Å². The van der Waals surface area contributed by atoms with Gasteiger partial charge in [-0.1, -0.05) is 0 Å². The summed E-state index contributed by atoms with van der Waals surface area (Å²) in [6.45, 7) is 4.41. The van der Waals surface area contributed by atoms with Gasteiger partial charge in [-0.25, -0.2) is 0 Å². The van der Waals surface area contributed by atoms with Gasteiger partial charge in [0.25, 0.3) is 5.91 Å². The molecule has 0 radical (unpaired) electrons. The van der Waals surface area contributed by atoms with Gasteiger partial charge in [0.2, 0.25) is 0 Å². The molecule has 6 nitrogen and oxygen atoms in total. The van der Waals surface area contributed by atoms with Crippen LogP contribution < -0.4 is 5.32 Å².